The predicted octanol–water partition coefficient (Wildman–Crippen LogP) is 4.98. The predicted molar refractivity (Wildman–Crippen MR) is 85.7 cm³/mol. The molecule has 0 aliphatic carbocycles. The normalized spacial score (nSPS) is 10.8. The second kappa shape index (κ2) is 7.00. The highest BCUT2D eigenvalue weighted by Gasteiger charge is 2.09. The number of anilines is 1. The Labute approximate surface area is 129 Å². The van der Waals surface area contributed by atoms with E-state index in [9.17, 15) is 0 Å². The quantitative estimate of drug-likeness (QED) is 0.790. The van der Waals surface area contributed by atoms with Gasteiger partial charge in [-0.15, -0.1) is 0 Å². The number of hydrogen-bond donors (Lipinski definition) is 2. The molecule has 1 aromatic carbocycles. The van der Waals surface area contributed by atoms with Gasteiger partial charge in [-0.1, -0.05) is 42.6 Å². The topological polar surface area (TPSA) is 40.7 Å². The molecule has 3 nitrogen and oxygen atoms in total. The van der Waals surface area contributed by atoms with Crippen LogP contribution in [0.15, 0.2) is 18.2 Å². The maximum absolute atomic E-state index is 6.15. The van der Waals surface area contributed by atoms with Gasteiger partial charge >= 0.3 is 0 Å². The summed E-state index contributed by atoms with van der Waals surface area (Å²) >= 11 is 12.3. The van der Waals surface area contributed by atoms with Gasteiger partial charge in [0.15, 0.2) is 5.15 Å². The van der Waals surface area contributed by atoms with Crippen molar-refractivity contribution >= 4 is 28.9 Å². The molecule has 2 N–H and O–H groups in total. The van der Waals surface area contributed by atoms with E-state index in [1.54, 1.807) is 0 Å². The third kappa shape index (κ3) is 3.68. The summed E-state index contributed by atoms with van der Waals surface area (Å²) in [5, 5.41) is 4.64. The SMILES string of the molecule is CCCCc1nc(Cl)c(CNc2cccc(Cl)c2C)[nH]1. The van der Waals surface area contributed by atoms with Gasteiger partial charge in [0, 0.05) is 17.1 Å². The average molecular weight is 312 g/mol. The summed E-state index contributed by atoms with van der Waals surface area (Å²) < 4.78 is 0. The number of benzene rings is 1. The van der Waals surface area contributed by atoms with Crippen molar-refractivity contribution < 1.29 is 0 Å². The fourth-order valence-corrected chi connectivity index (χ4v) is 2.39. The lowest BCUT2D eigenvalue weighted by atomic mass is 10.2. The Morgan fingerprint density at radius 1 is 1.30 bits per heavy atom. The highest BCUT2D eigenvalue weighted by atomic mass is 35.5. The maximum Gasteiger partial charge on any atom is 0.152 e. The maximum atomic E-state index is 6.15. The highest BCUT2D eigenvalue weighted by Crippen LogP contribution is 2.24. The van der Waals surface area contributed by atoms with E-state index in [1.807, 2.05) is 25.1 Å². The smallest absolute Gasteiger partial charge is 0.152 e. The number of nitrogens with zero attached hydrogens (tertiary/aromatic N) is 1. The lowest BCUT2D eigenvalue weighted by molar-refractivity contribution is 0.760. The standard InChI is InChI=1S/C15H19Cl2N3/c1-3-4-8-14-19-13(15(17)20-14)9-18-12-7-5-6-11(16)10(12)2/h5-7,18H,3-4,8-9H2,1-2H3,(H,19,20). The van der Waals surface area contributed by atoms with Gasteiger partial charge in [-0.2, -0.15) is 0 Å². The molecule has 0 saturated carbocycles. The van der Waals surface area contributed by atoms with E-state index in [1.165, 1.54) is 0 Å². The van der Waals surface area contributed by atoms with Crippen molar-refractivity contribution in [3.63, 3.8) is 0 Å². The van der Waals surface area contributed by atoms with Crippen molar-refractivity contribution in [3.05, 3.63) is 45.5 Å². The van der Waals surface area contributed by atoms with Crippen LogP contribution in [0.2, 0.25) is 10.2 Å². The minimum absolute atomic E-state index is 0.545. The van der Waals surface area contributed by atoms with Crippen molar-refractivity contribution in [2.24, 2.45) is 0 Å². The molecule has 0 saturated heterocycles. The summed E-state index contributed by atoms with van der Waals surface area (Å²) in [6, 6.07) is 5.82. The van der Waals surface area contributed by atoms with Gasteiger partial charge in [0.25, 0.3) is 0 Å². The molecule has 0 aliphatic rings. The molecule has 1 heterocycles. The Morgan fingerprint density at radius 2 is 2.10 bits per heavy atom. The third-order valence-corrected chi connectivity index (χ3v) is 3.99. The van der Waals surface area contributed by atoms with Gasteiger partial charge in [-0.25, -0.2) is 4.98 Å². The zero-order valence-corrected chi connectivity index (χ0v) is 13.3. The second-order valence-electron chi connectivity index (χ2n) is 4.82. The highest BCUT2D eigenvalue weighted by molar-refractivity contribution is 6.31. The Kier molecular flexibility index (Phi) is 5.32. The van der Waals surface area contributed by atoms with Crippen LogP contribution in [0.1, 0.15) is 36.8 Å². The molecule has 20 heavy (non-hydrogen) atoms. The van der Waals surface area contributed by atoms with E-state index in [4.69, 9.17) is 23.2 Å². The van der Waals surface area contributed by atoms with Crippen molar-refractivity contribution in [1.29, 1.82) is 0 Å². The van der Waals surface area contributed by atoms with E-state index >= 15 is 0 Å². The van der Waals surface area contributed by atoms with Crippen LogP contribution in [-0.4, -0.2) is 9.97 Å². The summed E-state index contributed by atoms with van der Waals surface area (Å²) in [6.45, 7) is 4.76. The van der Waals surface area contributed by atoms with E-state index in [0.29, 0.717) is 11.7 Å². The summed E-state index contributed by atoms with van der Waals surface area (Å²) in [4.78, 5) is 7.63. The Balaban J connectivity index is 2.03. The van der Waals surface area contributed by atoms with Crippen LogP contribution < -0.4 is 5.32 Å². The summed E-state index contributed by atoms with van der Waals surface area (Å²) in [6.07, 6.45) is 3.20. The number of rotatable bonds is 6. The zero-order valence-electron chi connectivity index (χ0n) is 11.8. The summed E-state index contributed by atoms with van der Waals surface area (Å²) in [7, 11) is 0. The van der Waals surface area contributed by atoms with Crippen LogP contribution >= 0.6 is 23.2 Å². The number of H-pyrrole nitrogens is 1. The number of aromatic nitrogens is 2. The van der Waals surface area contributed by atoms with Crippen molar-refractivity contribution in [3.8, 4) is 0 Å². The van der Waals surface area contributed by atoms with Crippen LogP contribution in [0.3, 0.4) is 0 Å². The molecule has 0 fully saturated rings. The third-order valence-electron chi connectivity index (χ3n) is 3.27. The van der Waals surface area contributed by atoms with Crippen LogP contribution in [0.5, 0.6) is 0 Å². The molecule has 0 amide bonds. The largest absolute Gasteiger partial charge is 0.379 e. The number of nitrogens with one attached hydrogen (secondary N) is 2. The molecule has 0 spiro atoms. The fourth-order valence-electron chi connectivity index (χ4n) is 2.00. The van der Waals surface area contributed by atoms with Gasteiger partial charge < -0.3 is 10.3 Å². The molecule has 5 heteroatoms. The molecule has 108 valence electrons. The van der Waals surface area contributed by atoms with Crippen LogP contribution in [-0.2, 0) is 13.0 Å². The van der Waals surface area contributed by atoms with Gasteiger partial charge in [-0.3, -0.25) is 0 Å². The molecular weight excluding hydrogens is 293 g/mol. The van der Waals surface area contributed by atoms with Gasteiger partial charge in [0.1, 0.15) is 5.82 Å². The van der Waals surface area contributed by atoms with Crippen molar-refractivity contribution in [1.82, 2.24) is 9.97 Å². The second-order valence-corrected chi connectivity index (χ2v) is 5.59. The minimum Gasteiger partial charge on any atom is -0.379 e. The van der Waals surface area contributed by atoms with Gasteiger partial charge in [-0.05, 0) is 31.0 Å². The lowest BCUT2D eigenvalue weighted by Gasteiger charge is -2.09. The average Bonchev–Trinajstić information content (AvgIpc) is 2.79. The molecule has 0 radical (unpaired) electrons. The van der Waals surface area contributed by atoms with Crippen molar-refractivity contribution in [2.45, 2.75) is 39.7 Å². The van der Waals surface area contributed by atoms with Gasteiger partial charge in [0.2, 0.25) is 0 Å². The molecular formula is C15H19Cl2N3. The number of unbranched alkanes of at least 4 members (excludes halogenated alkanes) is 1. The van der Waals surface area contributed by atoms with Crippen molar-refractivity contribution in [2.75, 3.05) is 5.32 Å². The monoisotopic (exact) mass is 311 g/mol. The van der Waals surface area contributed by atoms with Crippen LogP contribution in [0, 0.1) is 6.92 Å². The first-order valence-corrected chi connectivity index (χ1v) is 7.59. The first-order chi connectivity index (χ1) is 9.61. The molecule has 2 aromatic rings. The van der Waals surface area contributed by atoms with Crippen LogP contribution in [0.25, 0.3) is 0 Å². The first-order valence-electron chi connectivity index (χ1n) is 6.84. The van der Waals surface area contributed by atoms with Gasteiger partial charge in [0.05, 0.1) is 12.2 Å². The fraction of sp³-hybridized carbons (Fsp3) is 0.400. The molecule has 0 aliphatic heterocycles. The summed E-state index contributed by atoms with van der Waals surface area (Å²) in [5.41, 5.74) is 2.96. The summed E-state index contributed by atoms with van der Waals surface area (Å²) in [5.74, 6) is 0.955. The van der Waals surface area contributed by atoms with E-state index in [-0.39, 0.29) is 0 Å². The number of halogens is 2. The molecule has 2 rings (SSSR count). The number of aromatic amines is 1. The van der Waals surface area contributed by atoms with E-state index in [2.05, 4.69) is 22.2 Å². The molecule has 0 atom stereocenters. The zero-order chi connectivity index (χ0) is 14.5. The molecule has 0 unspecified atom stereocenters. The minimum atomic E-state index is 0.545. The number of imidazole rings is 1. The molecule has 1 aromatic heterocycles. The first kappa shape index (κ1) is 15.2. The van der Waals surface area contributed by atoms with Crippen LogP contribution in [0.4, 0.5) is 5.69 Å². The number of hydrogen-bond acceptors (Lipinski definition) is 2. The molecule has 0 bridgehead atoms. The Morgan fingerprint density at radius 3 is 2.85 bits per heavy atom. The number of aryl methyl sites for hydroxylation is 1. The Hall–Kier alpha value is -1.19. The van der Waals surface area contributed by atoms with E-state index in [0.717, 1.165) is 47.1 Å². The lowest BCUT2D eigenvalue weighted by Crippen LogP contribution is -2.02. The Bertz CT molecular complexity index is 578. The van der Waals surface area contributed by atoms with E-state index < -0.39 is 0 Å².